The van der Waals surface area contributed by atoms with Crippen LogP contribution in [-0.2, 0) is 0 Å². The van der Waals surface area contributed by atoms with Gasteiger partial charge in [0, 0.05) is 6.04 Å². The van der Waals surface area contributed by atoms with Crippen molar-refractivity contribution in [3.8, 4) is 6.07 Å². The summed E-state index contributed by atoms with van der Waals surface area (Å²) in [4.78, 5) is 0. The molecule has 0 aromatic heterocycles. The summed E-state index contributed by atoms with van der Waals surface area (Å²) in [6.45, 7) is 1.76. The van der Waals surface area contributed by atoms with Crippen molar-refractivity contribution in [3.63, 3.8) is 0 Å². The number of hydrogen-bond donors (Lipinski definition) is 1. The fourth-order valence-corrected chi connectivity index (χ4v) is 0.905. The largest absolute Gasteiger partial charge is 0.324 e. The van der Waals surface area contributed by atoms with E-state index in [9.17, 15) is 4.39 Å². The quantitative estimate of drug-likeness (QED) is 0.755. The van der Waals surface area contributed by atoms with Crippen LogP contribution in [0.1, 0.15) is 24.1 Å². The fourth-order valence-electron chi connectivity index (χ4n) is 0.905. The molecule has 0 aliphatic heterocycles. The van der Waals surface area contributed by atoms with Crippen LogP contribution in [0.25, 0.3) is 0 Å². The van der Waals surface area contributed by atoms with E-state index < -0.39 is 5.82 Å². The van der Waals surface area contributed by atoms with Crippen LogP contribution in [0.2, 0.25) is 0 Å². The Bertz CT molecular complexity index is 331. The maximum atomic E-state index is 12.9. The van der Waals surface area contributed by atoms with E-state index in [0.717, 1.165) is 0 Å². The third-order valence-electron chi connectivity index (χ3n) is 1.64. The highest BCUT2D eigenvalue weighted by Gasteiger charge is 2.04. The molecule has 0 saturated heterocycles. The molecular weight excluding hydrogens is 191 g/mol. The molecule has 70 valence electrons. The maximum absolute atomic E-state index is 12.9. The van der Waals surface area contributed by atoms with Gasteiger partial charge in [0.2, 0.25) is 0 Å². The van der Waals surface area contributed by atoms with Gasteiger partial charge in [-0.15, -0.1) is 12.4 Å². The van der Waals surface area contributed by atoms with Gasteiger partial charge in [-0.25, -0.2) is 4.39 Å². The van der Waals surface area contributed by atoms with Crippen LogP contribution >= 0.6 is 12.4 Å². The van der Waals surface area contributed by atoms with Crippen LogP contribution in [0, 0.1) is 17.1 Å². The summed E-state index contributed by atoms with van der Waals surface area (Å²) in [5, 5.41) is 8.43. The summed E-state index contributed by atoms with van der Waals surface area (Å²) < 4.78 is 12.9. The van der Waals surface area contributed by atoms with Crippen molar-refractivity contribution in [3.05, 3.63) is 35.1 Å². The van der Waals surface area contributed by atoms with Gasteiger partial charge in [-0.2, -0.15) is 5.26 Å². The molecule has 0 aliphatic carbocycles. The zero-order chi connectivity index (χ0) is 9.14. The molecule has 0 heterocycles. The first-order valence-corrected chi connectivity index (χ1v) is 3.60. The van der Waals surface area contributed by atoms with Gasteiger partial charge in [0.15, 0.2) is 0 Å². The molecule has 0 radical (unpaired) electrons. The second-order valence-electron chi connectivity index (χ2n) is 2.64. The van der Waals surface area contributed by atoms with Crippen LogP contribution in [0.3, 0.4) is 0 Å². The molecule has 1 rings (SSSR count). The van der Waals surface area contributed by atoms with Gasteiger partial charge in [-0.05, 0) is 24.6 Å². The summed E-state index contributed by atoms with van der Waals surface area (Å²) in [7, 11) is 0. The van der Waals surface area contributed by atoms with Gasteiger partial charge in [0.1, 0.15) is 11.9 Å². The standard InChI is InChI=1S/C9H9FN2.ClH/c1-6(12)7-2-3-8(5-11)9(10)4-7;/h2-4,6H,12H2,1H3;1H/t6-;/m1./s1. The molecule has 2 N–H and O–H groups in total. The Kier molecular flexibility index (Phi) is 4.39. The van der Waals surface area contributed by atoms with Crippen molar-refractivity contribution < 1.29 is 4.39 Å². The molecule has 1 aromatic carbocycles. The molecule has 0 unspecified atom stereocenters. The Morgan fingerprint density at radius 1 is 1.54 bits per heavy atom. The lowest BCUT2D eigenvalue weighted by Crippen LogP contribution is -2.05. The van der Waals surface area contributed by atoms with Crippen molar-refractivity contribution in [2.45, 2.75) is 13.0 Å². The zero-order valence-electron chi connectivity index (χ0n) is 7.12. The molecule has 0 bridgehead atoms. The molecule has 0 spiro atoms. The van der Waals surface area contributed by atoms with E-state index in [1.807, 2.05) is 0 Å². The molecule has 13 heavy (non-hydrogen) atoms. The number of nitrogens with zero attached hydrogens (tertiary/aromatic N) is 1. The van der Waals surface area contributed by atoms with Gasteiger partial charge in [-0.1, -0.05) is 6.07 Å². The Hall–Kier alpha value is -1.11. The number of nitriles is 1. The zero-order valence-corrected chi connectivity index (χ0v) is 7.94. The highest BCUT2D eigenvalue weighted by Crippen LogP contribution is 2.13. The highest BCUT2D eigenvalue weighted by molar-refractivity contribution is 5.85. The molecule has 0 fully saturated rings. The second-order valence-corrected chi connectivity index (χ2v) is 2.64. The van der Waals surface area contributed by atoms with Crippen LogP contribution < -0.4 is 5.73 Å². The molecule has 4 heteroatoms. The number of nitrogens with two attached hydrogens (primary N) is 1. The first-order chi connectivity index (χ1) is 5.65. The van der Waals surface area contributed by atoms with Crippen molar-refractivity contribution in [2.24, 2.45) is 5.73 Å². The molecule has 0 saturated carbocycles. The van der Waals surface area contributed by atoms with Gasteiger partial charge < -0.3 is 5.73 Å². The summed E-state index contributed by atoms with van der Waals surface area (Å²) in [5.74, 6) is -0.507. The van der Waals surface area contributed by atoms with E-state index in [2.05, 4.69) is 0 Å². The minimum absolute atomic E-state index is 0. The van der Waals surface area contributed by atoms with Crippen molar-refractivity contribution in [1.82, 2.24) is 0 Å². The summed E-state index contributed by atoms with van der Waals surface area (Å²) >= 11 is 0. The Labute approximate surface area is 82.6 Å². The first kappa shape index (κ1) is 11.9. The van der Waals surface area contributed by atoms with E-state index in [1.54, 1.807) is 19.1 Å². The van der Waals surface area contributed by atoms with Crippen molar-refractivity contribution >= 4 is 12.4 Å². The lowest BCUT2D eigenvalue weighted by Gasteiger charge is -2.04. The Morgan fingerprint density at radius 3 is 2.54 bits per heavy atom. The average molecular weight is 201 g/mol. The number of rotatable bonds is 1. The molecule has 0 amide bonds. The van der Waals surface area contributed by atoms with Crippen LogP contribution in [0.5, 0.6) is 0 Å². The topological polar surface area (TPSA) is 49.8 Å². The molecule has 0 aliphatic rings. The third-order valence-corrected chi connectivity index (χ3v) is 1.64. The summed E-state index contributed by atoms with van der Waals surface area (Å²) in [6.07, 6.45) is 0. The van der Waals surface area contributed by atoms with E-state index in [1.165, 1.54) is 12.1 Å². The molecule has 1 atom stereocenters. The van der Waals surface area contributed by atoms with E-state index in [0.29, 0.717) is 5.56 Å². The van der Waals surface area contributed by atoms with Gasteiger partial charge in [0.25, 0.3) is 0 Å². The Balaban J connectivity index is 0.00000144. The molecule has 2 nitrogen and oxygen atoms in total. The van der Waals surface area contributed by atoms with Gasteiger partial charge >= 0.3 is 0 Å². The number of benzene rings is 1. The van der Waals surface area contributed by atoms with E-state index >= 15 is 0 Å². The SMILES string of the molecule is C[C@@H](N)c1ccc(C#N)c(F)c1.Cl. The van der Waals surface area contributed by atoms with E-state index in [-0.39, 0.29) is 24.0 Å². The molecule has 1 aromatic rings. The van der Waals surface area contributed by atoms with Gasteiger partial charge in [-0.3, -0.25) is 0 Å². The lowest BCUT2D eigenvalue weighted by molar-refractivity contribution is 0.618. The third kappa shape index (κ3) is 2.69. The minimum atomic E-state index is -0.507. The fraction of sp³-hybridized carbons (Fsp3) is 0.222. The van der Waals surface area contributed by atoms with Crippen molar-refractivity contribution in [1.29, 1.82) is 5.26 Å². The average Bonchev–Trinajstić information content (AvgIpc) is 2.04. The second kappa shape index (κ2) is 4.80. The van der Waals surface area contributed by atoms with Crippen LogP contribution in [-0.4, -0.2) is 0 Å². The predicted molar refractivity (Wildman–Crippen MR) is 51.0 cm³/mol. The summed E-state index contributed by atoms with van der Waals surface area (Å²) in [5.41, 5.74) is 6.28. The van der Waals surface area contributed by atoms with E-state index in [4.69, 9.17) is 11.0 Å². The van der Waals surface area contributed by atoms with Gasteiger partial charge in [0.05, 0.1) is 5.56 Å². The normalized spacial score (nSPS) is 11.2. The predicted octanol–water partition coefficient (Wildman–Crippen LogP) is 2.14. The Morgan fingerprint density at radius 2 is 2.15 bits per heavy atom. The monoisotopic (exact) mass is 200 g/mol. The van der Waals surface area contributed by atoms with Crippen LogP contribution in [0.15, 0.2) is 18.2 Å². The smallest absolute Gasteiger partial charge is 0.141 e. The number of halogens is 2. The maximum Gasteiger partial charge on any atom is 0.141 e. The van der Waals surface area contributed by atoms with Crippen LogP contribution in [0.4, 0.5) is 4.39 Å². The number of hydrogen-bond acceptors (Lipinski definition) is 2. The van der Waals surface area contributed by atoms with Crippen molar-refractivity contribution in [2.75, 3.05) is 0 Å². The molecular formula is C9H10ClFN2. The summed E-state index contributed by atoms with van der Waals surface area (Å²) in [6, 6.07) is 5.94. The highest BCUT2D eigenvalue weighted by atomic mass is 35.5. The minimum Gasteiger partial charge on any atom is -0.324 e. The lowest BCUT2D eigenvalue weighted by atomic mass is 10.1. The first-order valence-electron chi connectivity index (χ1n) is 3.60.